The van der Waals surface area contributed by atoms with E-state index in [9.17, 15) is 0 Å². The van der Waals surface area contributed by atoms with Gasteiger partial charge in [-0.3, -0.25) is 0 Å². The maximum Gasteiger partial charge on any atom is 0.191 e. The highest BCUT2D eigenvalue weighted by molar-refractivity contribution is 7.11. The van der Waals surface area contributed by atoms with Crippen LogP contribution >= 0.6 is 11.3 Å². The summed E-state index contributed by atoms with van der Waals surface area (Å²) in [6.07, 6.45) is 1.00. The number of hydrogen-bond donors (Lipinski definition) is 2. The average molecular weight is 385 g/mol. The molecule has 0 unspecified atom stereocenters. The Balaban J connectivity index is 1.55. The summed E-state index contributed by atoms with van der Waals surface area (Å²) in [5.74, 6) is 1.92. The second-order valence-corrected chi connectivity index (χ2v) is 7.80. The van der Waals surface area contributed by atoms with Gasteiger partial charge in [-0.15, -0.1) is 11.3 Å². The number of rotatable bonds is 7. The highest BCUT2D eigenvalue weighted by Crippen LogP contribution is 2.18. The lowest BCUT2D eigenvalue weighted by molar-refractivity contribution is 0.624. The second kappa shape index (κ2) is 8.99. The smallest absolute Gasteiger partial charge is 0.191 e. The van der Waals surface area contributed by atoms with Gasteiger partial charge in [0.15, 0.2) is 5.96 Å². The number of aliphatic imine (C=N–C) groups is 1. The van der Waals surface area contributed by atoms with Crippen LogP contribution in [0, 0.1) is 20.8 Å². The lowest BCUT2D eigenvalue weighted by Crippen LogP contribution is -2.38. The van der Waals surface area contributed by atoms with Crippen LogP contribution in [0.2, 0.25) is 0 Å². The molecule has 0 atom stereocenters. The third kappa shape index (κ3) is 4.86. The zero-order valence-corrected chi connectivity index (χ0v) is 17.4. The normalized spacial score (nSPS) is 11.9. The SMILES string of the molecule is CCNC(=NCc1sc(C)nc1C)NCCCn1c(C)nc2ccccc21. The first-order valence-electron chi connectivity index (χ1n) is 9.45. The van der Waals surface area contributed by atoms with Gasteiger partial charge in [0, 0.05) is 24.5 Å². The molecule has 3 aromatic rings. The molecule has 0 saturated carbocycles. The van der Waals surface area contributed by atoms with Crippen molar-refractivity contribution >= 4 is 28.3 Å². The van der Waals surface area contributed by atoms with Crippen molar-refractivity contribution in [3.8, 4) is 0 Å². The Labute approximate surface area is 164 Å². The van der Waals surface area contributed by atoms with Crippen LogP contribution < -0.4 is 10.6 Å². The van der Waals surface area contributed by atoms with E-state index in [1.807, 2.05) is 19.9 Å². The molecule has 0 aliphatic rings. The van der Waals surface area contributed by atoms with Gasteiger partial charge >= 0.3 is 0 Å². The molecule has 27 heavy (non-hydrogen) atoms. The zero-order valence-electron chi connectivity index (χ0n) is 16.5. The predicted molar refractivity (Wildman–Crippen MR) is 113 cm³/mol. The minimum Gasteiger partial charge on any atom is -0.357 e. The van der Waals surface area contributed by atoms with Crippen LogP contribution in [0.25, 0.3) is 11.0 Å². The van der Waals surface area contributed by atoms with Crippen LogP contribution in [0.5, 0.6) is 0 Å². The van der Waals surface area contributed by atoms with Crippen LogP contribution in [-0.2, 0) is 13.1 Å². The number of aryl methyl sites for hydroxylation is 4. The van der Waals surface area contributed by atoms with Crippen LogP contribution in [0.15, 0.2) is 29.3 Å². The molecule has 0 fully saturated rings. The van der Waals surface area contributed by atoms with Gasteiger partial charge in [0.25, 0.3) is 0 Å². The fraction of sp³-hybridized carbons (Fsp3) is 0.450. The first kappa shape index (κ1) is 19.4. The number of imidazole rings is 1. The number of nitrogens with one attached hydrogen (secondary N) is 2. The standard InChI is InChI=1S/C20H28N6S/c1-5-21-20(23-13-19-14(2)24-16(4)27-19)22-11-8-12-26-15(3)25-17-9-6-7-10-18(17)26/h6-7,9-10H,5,8,11-13H2,1-4H3,(H2,21,22,23). The zero-order chi connectivity index (χ0) is 19.2. The van der Waals surface area contributed by atoms with Crippen LogP contribution in [-0.4, -0.2) is 33.6 Å². The van der Waals surface area contributed by atoms with Crippen molar-refractivity contribution in [2.45, 2.75) is 47.2 Å². The van der Waals surface area contributed by atoms with Crippen molar-refractivity contribution in [1.29, 1.82) is 0 Å². The van der Waals surface area contributed by atoms with E-state index < -0.39 is 0 Å². The summed E-state index contributed by atoms with van der Waals surface area (Å²) >= 11 is 1.72. The van der Waals surface area contributed by atoms with Crippen molar-refractivity contribution in [1.82, 2.24) is 25.2 Å². The molecule has 0 amide bonds. The average Bonchev–Trinajstić information content (AvgIpc) is 3.14. The minimum atomic E-state index is 0.665. The van der Waals surface area contributed by atoms with Crippen molar-refractivity contribution in [3.05, 3.63) is 45.7 Å². The summed E-state index contributed by atoms with van der Waals surface area (Å²) in [6, 6.07) is 8.30. The lowest BCUT2D eigenvalue weighted by atomic mass is 10.3. The van der Waals surface area contributed by atoms with Crippen LogP contribution in [0.4, 0.5) is 0 Å². The van der Waals surface area contributed by atoms with E-state index in [2.05, 4.69) is 57.2 Å². The second-order valence-electron chi connectivity index (χ2n) is 6.52. The summed E-state index contributed by atoms with van der Waals surface area (Å²) in [5.41, 5.74) is 3.35. The van der Waals surface area contributed by atoms with Crippen LogP contribution in [0.1, 0.15) is 34.7 Å². The molecule has 144 valence electrons. The first-order chi connectivity index (χ1) is 13.1. The summed E-state index contributed by atoms with van der Waals surface area (Å²) in [4.78, 5) is 15.0. The minimum absolute atomic E-state index is 0.665. The number of aromatic nitrogens is 3. The van der Waals surface area contributed by atoms with E-state index >= 15 is 0 Å². The molecule has 0 saturated heterocycles. The molecule has 2 N–H and O–H groups in total. The molecule has 2 heterocycles. The van der Waals surface area contributed by atoms with Crippen molar-refractivity contribution < 1.29 is 0 Å². The topological polar surface area (TPSA) is 67.1 Å². The Morgan fingerprint density at radius 1 is 1.15 bits per heavy atom. The fourth-order valence-corrected chi connectivity index (χ4v) is 4.00. The molecule has 0 radical (unpaired) electrons. The number of thiazole rings is 1. The number of fused-ring (bicyclic) bond motifs is 1. The summed E-state index contributed by atoms with van der Waals surface area (Å²) in [7, 11) is 0. The Morgan fingerprint density at radius 3 is 2.70 bits per heavy atom. The van der Waals surface area contributed by atoms with Gasteiger partial charge in [0.05, 0.1) is 28.3 Å². The van der Waals surface area contributed by atoms with E-state index in [-0.39, 0.29) is 0 Å². The fourth-order valence-electron chi connectivity index (χ4n) is 3.13. The Bertz CT molecular complexity index is 924. The van der Waals surface area contributed by atoms with E-state index in [1.54, 1.807) is 11.3 Å². The predicted octanol–water partition coefficient (Wildman–Crippen LogP) is 3.56. The highest BCUT2D eigenvalue weighted by Gasteiger charge is 2.07. The molecule has 0 bridgehead atoms. The monoisotopic (exact) mass is 384 g/mol. The van der Waals surface area contributed by atoms with Gasteiger partial charge in [-0.05, 0) is 46.2 Å². The largest absolute Gasteiger partial charge is 0.357 e. The van der Waals surface area contributed by atoms with Gasteiger partial charge in [-0.25, -0.2) is 15.0 Å². The molecule has 7 heteroatoms. The van der Waals surface area contributed by atoms with Crippen molar-refractivity contribution in [2.24, 2.45) is 4.99 Å². The molecule has 0 aliphatic carbocycles. The van der Waals surface area contributed by atoms with Gasteiger partial charge < -0.3 is 15.2 Å². The molecule has 0 aliphatic heterocycles. The molecule has 3 rings (SSSR count). The van der Waals surface area contributed by atoms with Gasteiger partial charge in [0.2, 0.25) is 0 Å². The summed E-state index contributed by atoms with van der Waals surface area (Å²) in [6.45, 7) is 11.5. The molecule has 1 aromatic carbocycles. The van der Waals surface area contributed by atoms with E-state index in [0.29, 0.717) is 6.54 Å². The highest BCUT2D eigenvalue weighted by atomic mass is 32.1. The van der Waals surface area contributed by atoms with E-state index in [4.69, 9.17) is 4.99 Å². The van der Waals surface area contributed by atoms with Crippen molar-refractivity contribution in [3.63, 3.8) is 0 Å². The summed E-state index contributed by atoms with van der Waals surface area (Å²) < 4.78 is 2.28. The Morgan fingerprint density at radius 2 is 1.96 bits per heavy atom. The first-order valence-corrected chi connectivity index (χ1v) is 10.3. The Kier molecular flexibility index (Phi) is 6.45. The maximum atomic E-state index is 4.71. The third-order valence-corrected chi connectivity index (χ3v) is 5.48. The molecular weight excluding hydrogens is 356 g/mol. The Hall–Kier alpha value is -2.41. The number of para-hydroxylation sites is 2. The van der Waals surface area contributed by atoms with E-state index in [1.165, 1.54) is 10.4 Å². The van der Waals surface area contributed by atoms with Crippen LogP contribution in [0.3, 0.4) is 0 Å². The third-order valence-electron chi connectivity index (χ3n) is 4.42. The number of hydrogen-bond acceptors (Lipinski definition) is 4. The number of nitrogens with zero attached hydrogens (tertiary/aromatic N) is 4. The maximum absolute atomic E-state index is 4.71. The quantitative estimate of drug-likeness (QED) is 0.371. The van der Waals surface area contributed by atoms with Gasteiger partial charge in [-0.1, -0.05) is 12.1 Å². The van der Waals surface area contributed by atoms with E-state index in [0.717, 1.165) is 54.1 Å². The van der Waals surface area contributed by atoms with Crippen molar-refractivity contribution in [2.75, 3.05) is 13.1 Å². The molecule has 0 spiro atoms. The van der Waals surface area contributed by atoms with Gasteiger partial charge in [0.1, 0.15) is 5.82 Å². The lowest BCUT2D eigenvalue weighted by Gasteiger charge is -2.12. The number of benzene rings is 1. The molecule has 6 nitrogen and oxygen atoms in total. The molecule has 2 aromatic heterocycles. The number of guanidine groups is 1. The molecular formula is C20H28N6S. The van der Waals surface area contributed by atoms with Gasteiger partial charge in [-0.2, -0.15) is 0 Å². The summed E-state index contributed by atoms with van der Waals surface area (Å²) in [5, 5.41) is 7.85.